The van der Waals surface area contributed by atoms with Crippen molar-refractivity contribution in [1.82, 2.24) is 4.90 Å². The van der Waals surface area contributed by atoms with E-state index in [0.29, 0.717) is 12.5 Å². The second-order valence-electron chi connectivity index (χ2n) is 6.26. The van der Waals surface area contributed by atoms with Crippen LogP contribution in [0.2, 0.25) is 0 Å². The van der Waals surface area contributed by atoms with Gasteiger partial charge in [0.25, 0.3) is 5.91 Å². The predicted molar refractivity (Wildman–Crippen MR) is 80.7 cm³/mol. The molecule has 3 heteroatoms. The van der Waals surface area contributed by atoms with Crippen molar-refractivity contribution in [2.24, 2.45) is 11.7 Å². The summed E-state index contributed by atoms with van der Waals surface area (Å²) in [7, 11) is 0. The highest BCUT2D eigenvalue weighted by Gasteiger charge is 2.31. The minimum atomic E-state index is 0.168. The third-order valence-corrected chi connectivity index (χ3v) is 4.96. The number of nitrogens with two attached hydrogens (primary N) is 1. The van der Waals surface area contributed by atoms with E-state index in [2.05, 4.69) is 19.1 Å². The lowest BCUT2D eigenvalue weighted by Gasteiger charge is -2.39. The highest BCUT2D eigenvalue weighted by molar-refractivity contribution is 5.95. The monoisotopic (exact) mass is 272 g/mol. The molecule has 0 spiro atoms. The minimum Gasteiger partial charge on any atom is -0.334 e. The summed E-state index contributed by atoms with van der Waals surface area (Å²) in [5.74, 6) is 0.675. The molecule has 20 heavy (non-hydrogen) atoms. The Morgan fingerprint density at radius 3 is 2.90 bits per heavy atom. The molecule has 2 atom stereocenters. The number of likely N-dealkylation sites (tertiary alicyclic amines) is 1. The predicted octanol–water partition coefficient (Wildman–Crippen LogP) is 2.37. The van der Waals surface area contributed by atoms with E-state index in [0.717, 1.165) is 31.4 Å². The van der Waals surface area contributed by atoms with E-state index in [-0.39, 0.29) is 11.9 Å². The highest BCUT2D eigenvalue weighted by Crippen LogP contribution is 2.27. The van der Waals surface area contributed by atoms with Crippen LogP contribution in [0.4, 0.5) is 0 Å². The fourth-order valence-electron chi connectivity index (χ4n) is 3.73. The average molecular weight is 272 g/mol. The van der Waals surface area contributed by atoms with E-state index >= 15 is 0 Å². The molecule has 2 N–H and O–H groups in total. The normalized spacial score (nSPS) is 25.6. The second kappa shape index (κ2) is 5.57. The molecule has 1 fully saturated rings. The number of piperidine rings is 1. The van der Waals surface area contributed by atoms with Gasteiger partial charge in [0.1, 0.15) is 0 Å². The molecule has 1 aromatic carbocycles. The fraction of sp³-hybridized carbons (Fsp3) is 0.588. The summed E-state index contributed by atoms with van der Waals surface area (Å²) in [5.41, 5.74) is 9.53. The van der Waals surface area contributed by atoms with E-state index < -0.39 is 0 Å². The molecule has 1 saturated heterocycles. The Labute approximate surface area is 121 Å². The zero-order chi connectivity index (χ0) is 14.1. The Kier molecular flexibility index (Phi) is 3.79. The molecule has 2 unspecified atom stereocenters. The van der Waals surface area contributed by atoms with Crippen molar-refractivity contribution in [3.05, 3.63) is 34.9 Å². The van der Waals surface area contributed by atoms with Gasteiger partial charge >= 0.3 is 0 Å². The van der Waals surface area contributed by atoms with Crippen LogP contribution in [0.15, 0.2) is 18.2 Å². The van der Waals surface area contributed by atoms with Crippen LogP contribution in [-0.2, 0) is 12.8 Å². The number of aryl methyl sites for hydroxylation is 2. The highest BCUT2D eigenvalue weighted by atomic mass is 16.2. The molecule has 1 heterocycles. The average Bonchev–Trinajstić information content (AvgIpc) is 2.93. The Hall–Kier alpha value is -1.35. The SMILES string of the molecule is CC1CCCN(C(=O)c2ccc3c(c2)CCC3)C1CN. The zero-order valence-corrected chi connectivity index (χ0v) is 12.3. The van der Waals surface area contributed by atoms with Crippen LogP contribution in [0, 0.1) is 5.92 Å². The smallest absolute Gasteiger partial charge is 0.254 e. The summed E-state index contributed by atoms with van der Waals surface area (Å²) >= 11 is 0. The first kappa shape index (κ1) is 13.6. The number of nitrogens with zero attached hydrogens (tertiary/aromatic N) is 1. The molecule has 108 valence electrons. The van der Waals surface area contributed by atoms with E-state index in [4.69, 9.17) is 5.73 Å². The van der Waals surface area contributed by atoms with Crippen LogP contribution in [0.3, 0.4) is 0 Å². The lowest BCUT2D eigenvalue weighted by atomic mass is 9.90. The number of benzene rings is 1. The number of hydrogen-bond donors (Lipinski definition) is 1. The topological polar surface area (TPSA) is 46.3 Å². The molecule has 1 aromatic rings. The molecule has 1 aliphatic heterocycles. The first-order valence-electron chi connectivity index (χ1n) is 7.83. The lowest BCUT2D eigenvalue weighted by molar-refractivity contribution is 0.0532. The molecule has 1 aliphatic carbocycles. The molecule has 3 nitrogen and oxygen atoms in total. The van der Waals surface area contributed by atoms with Gasteiger partial charge in [-0.3, -0.25) is 4.79 Å². The van der Waals surface area contributed by atoms with Crippen LogP contribution in [0.5, 0.6) is 0 Å². The molecule has 0 aromatic heterocycles. The summed E-state index contributed by atoms with van der Waals surface area (Å²) < 4.78 is 0. The van der Waals surface area contributed by atoms with Crippen molar-refractivity contribution in [3.8, 4) is 0 Å². The summed E-state index contributed by atoms with van der Waals surface area (Å²) in [6.07, 6.45) is 5.77. The third-order valence-electron chi connectivity index (χ3n) is 4.96. The molecule has 1 amide bonds. The van der Waals surface area contributed by atoms with Crippen LogP contribution >= 0.6 is 0 Å². The summed E-state index contributed by atoms with van der Waals surface area (Å²) in [5, 5.41) is 0. The van der Waals surface area contributed by atoms with E-state index in [1.165, 1.54) is 24.0 Å². The van der Waals surface area contributed by atoms with Gasteiger partial charge in [-0.15, -0.1) is 0 Å². The van der Waals surface area contributed by atoms with Gasteiger partial charge in [-0.1, -0.05) is 13.0 Å². The molecule has 3 rings (SSSR count). The van der Waals surface area contributed by atoms with Crippen molar-refractivity contribution in [2.45, 2.75) is 45.1 Å². The van der Waals surface area contributed by atoms with Crippen LogP contribution in [0.1, 0.15) is 47.7 Å². The molecular formula is C17H24N2O. The Balaban J connectivity index is 1.84. The molecule has 0 saturated carbocycles. The zero-order valence-electron chi connectivity index (χ0n) is 12.3. The number of rotatable bonds is 2. The van der Waals surface area contributed by atoms with Gasteiger partial charge in [-0.25, -0.2) is 0 Å². The largest absolute Gasteiger partial charge is 0.334 e. The van der Waals surface area contributed by atoms with Crippen molar-refractivity contribution in [1.29, 1.82) is 0 Å². The quantitative estimate of drug-likeness (QED) is 0.898. The second-order valence-corrected chi connectivity index (χ2v) is 6.26. The van der Waals surface area contributed by atoms with E-state index in [1.807, 2.05) is 11.0 Å². The van der Waals surface area contributed by atoms with Crippen molar-refractivity contribution < 1.29 is 4.79 Å². The minimum absolute atomic E-state index is 0.168. The number of carbonyl (C=O) groups is 1. The Bertz CT molecular complexity index is 512. The van der Waals surface area contributed by atoms with Crippen molar-refractivity contribution >= 4 is 5.91 Å². The van der Waals surface area contributed by atoms with E-state index in [1.54, 1.807) is 0 Å². The maximum Gasteiger partial charge on any atom is 0.254 e. The van der Waals surface area contributed by atoms with Crippen molar-refractivity contribution in [3.63, 3.8) is 0 Å². The summed E-state index contributed by atoms with van der Waals surface area (Å²) in [6.45, 7) is 3.62. The Morgan fingerprint density at radius 2 is 2.10 bits per heavy atom. The molecule has 0 bridgehead atoms. The van der Waals surface area contributed by atoms with Gasteiger partial charge in [0, 0.05) is 24.7 Å². The number of hydrogen-bond acceptors (Lipinski definition) is 2. The fourth-order valence-corrected chi connectivity index (χ4v) is 3.73. The van der Waals surface area contributed by atoms with Gasteiger partial charge in [0.15, 0.2) is 0 Å². The van der Waals surface area contributed by atoms with Crippen LogP contribution in [0.25, 0.3) is 0 Å². The van der Waals surface area contributed by atoms with E-state index in [9.17, 15) is 4.79 Å². The maximum atomic E-state index is 12.8. The van der Waals surface area contributed by atoms with Gasteiger partial charge in [0.05, 0.1) is 0 Å². The third kappa shape index (κ3) is 2.35. The van der Waals surface area contributed by atoms with Gasteiger partial charge < -0.3 is 10.6 Å². The van der Waals surface area contributed by atoms with Crippen LogP contribution < -0.4 is 5.73 Å². The van der Waals surface area contributed by atoms with Gasteiger partial charge in [0.2, 0.25) is 0 Å². The number of amides is 1. The molecular weight excluding hydrogens is 248 g/mol. The maximum absolute atomic E-state index is 12.8. The van der Waals surface area contributed by atoms with Crippen molar-refractivity contribution in [2.75, 3.05) is 13.1 Å². The first-order chi connectivity index (χ1) is 9.70. The molecule has 2 aliphatic rings. The Morgan fingerprint density at radius 1 is 1.30 bits per heavy atom. The summed E-state index contributed by atoms with van der Waals surface area (Å²) in [4.78, 5) is 14.8. The standard InChI is InChI=1S/C17H24N2O/c1-12-4-3-9-19(16(12)11-18)17(20)15-8-7-13-5-2-6-14(13)10-15/h7-8,10,12,16H,2-6,9,11,18H2,1H3. The summed E-state index contributed by atoms with van der Waals surface area (Å²) in [6, 6.07) is 6.45. The van der Waals surface area contributed by atoms with Gasteiger partial charge in [-0.05, 0) is 61.3 Å². The van der Waals surface area contributed by atoms with Gasteiger partial charge in [-0.2, -0.15) is 0 Å². The lowest BCUT2D eigenvalue weighted by Crippen LogP contribution is -2.51. The molecule has 0 radical (unpaired) electrons. The number of carbonyl (C=O) groups excluding carboxylic acids is 1. The number of fused-ring (bicyclic) bond motifs is 1. The first-order valence-corrected chi connectivity index (χ1v) is 7.83. The van der Waals surface area contributed by atoms with Crippen LogP contribution in [-0.4, -0.2) is 29.9 Å².